The molecule has 0 amide bonds. The third-order valence-electron chi connectivity index (χ3n) is 11.1. The fourth-order valence-corrected chi connectivity index (χ4v) is 7.11. The first-order valence-electron chi connectivity index (χ1n) is 23.6. The van der Waals surface area contributed by atoms with Crippen molar-refractivity contribution in [3.8, 4) is 0 Å². The largest absolute Gasteiger partial charge is 0.462 e. The van der Waals surface area contributed by atoms with E-state index in [1.807, 2.05) is 0 Å². The second-order valence-corrected chi connectivity index (χ2v) is 16.6. The van der Waals surface area contributed by atoms with E-state index in [2.05, 4.69) is 50.3 Å². The van der Waals surface area contributed by atoms with Crippen LogP contribution in [0, 0.1) is 0 Å². The first kappa shape index (κ1) is 55.9. The monoisotopic (exact) mass is 887 g/mol. The highest BCUT2D eigenvalue weighted by atomic mass is 16.7. The number of hydrogen-bond donors (Lipinski definition) is 7. The van der Waals surface area contributed by atoms with Crippen LogP contribution in [0.25, 0.3) is 0 Å². The summed E-state index contributed by atoms with van der Waals surface area (Å²) in [6.07, 6.45) is 17.5. The smallest absolute Gasteiger partial charge is 0.306 e. The Morgan fingerprint density at radius 3 is 1.56 bits per heavy atom. The third-order valence-corrected chi connectivity index (χ3v) is 11.1. The van der Waals surface area contributed by atoms with Crippen LogP contribution in [0.4, 0.5) is 0 Å². The third kappa shape index (κ3) is 23.6. The molecule has 2 rings (SSSR count). The Hall–Kier alpha value is -2.28. The van der Waals surface area contributed by atoms with Gasteiger partial charge in [-0.1, -0.05) is 115 Å². The number of aliphatic hydroxyl groups is 7. The molecule has 62 heavy (non-hydrogen) atoms. The van der Waals surface area contributed by atoms with E-state index in [-0.39, 0.29) is 26.1 Å². The SMILES string of the molecule is CCCC/C=C\C/C=C\CCCCCCCC(=O)OC(COC(=O)CCCCCCC/C=C\CCCCC)COC1OC(COC2OC(CO)C(O)C(O)C2O)C(O)C(O)C1O. The molecule has 0 aromatic carbocycles. The number of rotatable bonds is 35. The molecule has 2 aliphatic rings. The first-order valence-corrected chi connectivity index (χ1v) is 23.6. The molecule has 0 aromatic heterocycles. The lowest BCUT2D eigenvalue weighted by atomic mass is 9.98. The van der Waals surface area contributed by atoms with E-state index in [4.69, 9.17) is 28.4 Å². The maximum atomic E-state index is 12.9. The zero-order valence-corrected chi connectivity index (χ0v) is 37.6. The van der Waals surface area contributed by atoms with Crippen molar-refractivity contribution in [2.24, 2.45) is 0 Å². The quantitative estimate of drug-likeness (QED) is 0.0241. The molecule has 2 saturated heterocycles. The van der Waals surface area contributed by atoms with Crippen molar-refractivity contribution in [3.05, 3.63) is 36.5 Å². The van der Waals surface area contributed by atoms with Crippen LogP contribution in [0.2, 0.25) is 0 Å². The summed E-state index contributed by atoms with van der Waals surface area (Å²) >= 11 is 0. The van der Waals surface area contributed by atoms with E-state index in [0.717, 1.165) is 83.5 Å². The second-order valence-electron chi connectivity index (χ2n) is 16.6. The van der Waals surface area contributed by atoms with Crippen molar-refractivity contribution >= 4 is 11.9 Å². The van der Waals surface area contributed by atoms with Gasteiger partial charge in [0, 0.05) is 12.8 Å². The second kappa shape index (κ2) is 35.0. The lowest BCUT2D eigenvalue weighted by molar-refractivity contribution is -0.332. The van der Waals surface area contributed by atoms with E-state index in [0.29, 0.717) is 12.8 Å². The van der Waals surface area contributed by atoms with Crippen LogP contribution in [-0.2, 0) is 38.0 Å². The van der Waals surface area contributed by atoms with Crippen LogP contribution < -0.4 is 0 Å². The van der Waals surface area contributed by atoms with Crippen molar-refractivity contribution in [2.75, 3.05) is 26.4 Å². The van der Waals surface area contributed by atoms with Gasteiger partial charge in [0.05, 0.1) is 19.8 Å². The van der Waals surface area contributed by atoms with Crippen LogP contribution >= 0.6 is 0 Å². The summed E-state index contributed by atoms with van der Waals surface area (Å²) < 4.78 is 33.4. The zero-order valence-electron chi connectivity index (χ0n) is 37.6. The Morgan fingerprint density at radius 2 is 0.984 bits per heavy atom. The molecule has 0 aliphatic carbocycles. The summed E-state index contributed by atoms with van der Waals surface area (Å²) in [5, 5.41) is 71.9. The number of allylic oxidation sites excluding steroid dienone is 6. The Kier molecular flexibility index (Phi) is 31.6. The highest BCUT2D eigenvalue weighted by molar-refractivity contribution is 5.70. The molecule has 2 aliphatic heterocycles. The van der Waals surface area contributed by atoms with Crippen molar-refractivity contribution < 1.29 is 73.8 Å². The average Bonchev–Trinajstić information content (AvgIpc) is 3.26. The predicted octanol–water partition coefficient (Wildman–Crippen LogP) is 5.37. The van der Waals surface area contributed by atoms with Gasteiger partial charge in [0.25, 0.3) is 0 Å². The number of unbranched alkanes of at least 4 members (excludes halogenated alkanes) is 15. The Morgan fingerprint density at radius 1 is 0.516 bits per heavy atom. The molecule has 11 unspecified atom stereocenters. The minimum atomic E-state index is -1.77. The standard InChI is InChI=1S/C47H82O15/c1-3-5-7-9-11-13-15-17-18-20-22-24-26-28-30-39(50)60-35(32-57-38(49)29-27-25-23-21-19-16-14-12-10-8-6-4-2)33-58-46-45(56)43(54)41(52)37(62-46)34-59-47-44(55)42(53)40(51)36(31-48)61-47/h9,11-12,14-15,17,35-37,40-48,51-56H,3-8,10,13,16,18-34H2,1-2H3/b11-9-,14-12-,17-15-. The predicted molar refractivity (Wildman–Crippen MR) is 234 cm³/mol. The fraction of sp³-hybridized carbons (Fsp3) is 0.830. The highest BCUT2D eigenvalue weighted by Crippen LogP contribution is 2.26. The van der Waals surface area contributed by atoms with Crippen LogP contribution in [0.3, 0.4) is 0 Å². The Balaban J connectivity index is 1.86. The molecule has 360 valence electrons. The fourth-order valence-electron chi connectivity index (χ4n) is 7.11. The number of carbonyl (C=O) groups is 2. The van der Waals surface area contributed by atoms with Gasteiger partial charge < -0.3 is 64.2 Å². The number of hydrogen-bond acceptors (Lipinski definition) is 15. The zero-order chi connectivity index (χ0) is 45.4. The van der Waals surface area contributed by atoms with Gasteiger partial charge in [-0.25, -0.2) is 0 Å². The number of aliphatic hydroxyl groups excluding tert-OH is 7. The summed E-state index contributed by atoms with van der Waals surface area (Å²) in [6.45, 7) is 2.48. The molecule has 0 radical (unpaired) electrons. The maximum absolute atomic E-state index is 12.9. The van der Waals surface area contributed by atoms with E-state index in [1.165, 1.54) is 32.1 Å². The molecule has 7 N–H and O–H groups in total. The molecule has 2 heterocycles. The van der Waals surface area contributed by atoms with Crippen molar-refractivity contribution in [1.82, 2.24) is 0 Å². The van der Waals surface area contributed by atoms with Gasteiger partial charge in [0.15, 0.2) is 18.7 Å². The van der Waals surface area contributed by atoms with E-state index in [1.54, 1.807) is 0 Å². The summed E-state index contributed by atoms with van der Waals surface area (Å²) in [7, 11) is 0. The number of ether oxygens (including phenoxy) is 6. The first-order chi connectivity index (χ1) is 30.0. The summed E-state index contributed by atoms with van der Waals surface area (Å²) in [5.41, 5.74) is 0. The lowest BCUT2D eigenvalue weighted by Gasteiger charge is -2.42. The molecule has 0 bridgehead atoms. The molecule has 15 nitrogen and oxygen atoms in total. The van der Waals surface area contributed by atoms with Crippen molar-refractivity contribution in [3.63, 3.8) is 0 Å². The van der Waals surface area contributed by atoms with Gasteiger partial charge in [-0.15, -0.1) is 0 Å². The number of esters is 2. The van der Waals surface area contributed by atoms with E-state index < -0.39 is 92.7 Å². The normalized spacial score (nSPS) is 27.4. The summed E-state index contributed by atoms with van der Waals surface area (Å²) in [6, 6.07) is 0. The van der Waals surface area contributed by atoms with Crippen LogP contribution in [-0.4, -0.2) is 142 Å². The molecular formula is C47H82O15. The summed E-state index contributed by atoms with van der Waals surface area (Å²) in [4.78, 5) is 25.6. The van der Waals surface area contributed by atoms with Gasteiger partial charge in [-0.2, -0.15) is 0 Å². The van der Waals surface area contributed by atoms with Gasteiger partial charge in [0.2, 0.25) is 0 Å². The van der Waals surface area contributed by atoms with Crippen LogP contribution in [0.1, 0.15) is 155 Å². The topological polar surface area (TPSA) is 231 Å². The van der Waals surface area contributed by atoms with Gasteiger partial charge in [0.1, 0.15) is 55.4 Å². The van der Waals surface area contributed by atoms with Gasteiger partial charge in [-0.05, 0) is 64.2 Å². The Bertz CT molecular complexity index is 1230. The van der Waals surface area contributed by atoms with E-state index in [9.17, 15) is 45.3 Å². The minimum absolute atomic E-state index is 0.147. The average molecular weight is 887 g/mol. The van der Waals surface area contributed by atoms with Crippen LogP contribution in [0.5, 0.6) is 0 Å². The van der Waals surface area contributed by atoms with Crippen molar-refractivity contribution in [1.29, 1.82) is 0 Å². The highest BCUT2D eigenvalue weighted by Gasteiger charge is 2.47. The molecule has 0 saturated carbocycles. The van der Waals surface area contributed by atoms with E-state index >= 15 is 0 Å². The minimum Gasteiger partial charge on any atom is -0.462 e. The molecule has 0 aromatic rings. The summed E-state index contributed by atoms with van der Waals surface area (Å²) in [5.74, 6) is -0.955. The number of carbonyl (C=O) groups excluding carboxylic acids is 2. The van der Waals surface area contributed by atoms with Crippen LogP contribution in [0.15, 0.2) is 36.5 Å². The molecule has 11 atom stereocenters. The van der Waals surface area contributed by atoms with Crippen molar-refractivity contribution in [2.45, 2.75) is 223 Å². The van der Waals surface area contributed by atoms with Gasteiger partial charge in [-0.3, -0.25) is 9.59 Å². The lowest BCUT2D eigenvalue weighted by Crippen LogP contribution is -2.61. The van der Waals surface area contributed by atoms with Gasteiger partial charge >= 0.3 is 11.9 Å². The molecule has 0 spiro atoms. The Labute approximate surface area is 370 Å². The maximum Gasteiger partial charge on any atom is 0.306 e. The molecular weight excluding hydrogens is 805 g/mol. The molecule has 2 fully saturated rings. The molecule has 15 heteroatoms.